The number of aromatic nitrogens is 2. The molecule has 1 aliphatic carbocycles. The minimum absolute atomic E-state index is 0.0655. The maximum absolute atomic E-state index is 12.0. The topological polar surface area (TPSA) is 96.6 Å². The number of thiophene rings is 1. The van der Waals surface area contributed by atoms with E-state index in [1.54, 1.807) is 7.11 Å². The molecule has 2 aliphatic rings. The molecule has 1 saturated heterocycles. The molecule has 2 aromatic rings. The Morgan fingerprint density at radius 2 is 2.03 bits per heavy atom. The largest absolute Gasteiger partial charge is 0.383 e. The van der Waals surface area contributed by atoms with Crippen LogP contribution in [0.4, 0.5) is 5.82 Å². The van der Waals surface area contributed by atoms with E-state index in [-0.39, 0.29) is 5.91 Å². The first kappa shape index (κ1) is 22.4. The van der Waals surface area contributed by atoms with Crippen LogP contribution in [0.3, 0.4) is 0 Å². The lowest BCUT2D eigenvalue weighted by atomic mass is 9.89. The molecule has 4 rings (SSSR count). The van der Waals surface area contributed by atoms with Gasteiger partial charge in [0.1, 0.15) is 16.5 Å². The van der Waals surface area contributed by atoms with E-state index >= 15 is 0 Å². The van der Waals surface area contributed by atoms with E-state index in [0.29, 0.717) is 25.5 Å². The number of amides is 1. The van der Waals surface area contributed by atoms with E-state index in [9.17, 15) is 4.79 Å². The maximum atomic E-state index is 12.0. The minimum atomic E-state index is 0.0655. The van der Waals surface area contributed by atoms with Gasteiger partial charge in [0.05, 0.1) is 18.5 Å². The van der Waals surface area contributed by atoms with Crippen molar-refractivity contribution in [3.8, 4) is 0 Å². The van der Waals surface area contributed by atoms with E-state index in [1.165, 1.54) is 16.9 Å². The van der Waals surface area contributed by atoms with Crippen molar-refractivity contribution in [1.82, 2.24) is 25.1 Å². The number of carbonyl (C=O) groups excluding carboxylic acids is 1. The Labute approximate surface area is 188 Å². The summed E-state index contributed by atoms with van der Waals surface area (Å²) in [4.78, 5) is 28.6. The molecule has 8 nitrogen and oxygen atoms in total. The highest BCUT2D eigenvalue weighted by atomic mass is 32.1. The standard InChI is InChI=1S/C22H34N6O2S/c1-15-3-4-16-17(13-15)31-22-20(16)21(23)25-18(26-22)5-7-27-8-10-28(11-9-27)14-19(29)24-6-12-30-2/h15H,3-14H2,1-2H3,(H,24,29)(H2,23,25,26). The number of nitrogen functional groups attached to an aromatic ring is 1. The van der Waals surface area contributed by atoms with E-state index in [2.05, 4.69) is 27.0 Å². The number of hydrogen-bond acceptors (Lipinski definition) is 8. The normalized spacial score (nSPS) is 20.1. The number of methoxy groups -OCH3 is 1. The van der Waals surface area contributed by atoms with Crippen LogP contribution in [0.1, 0.15) is 29.6 Å². The van der Waals surface area contributed by atoms with Gasteiger partial charge in [-0.15, -0.1) is 11.3 Å². The number of aryl methyl sites for hydroxylation is 1. The summed E-state index contributed by atoms with van der Waals surface area (Å²) in [7, 11) is 1.64. The molecule has 1 aliphatic heterocycles. The van der Waals surface area contributed by atoms with Crippen molar-refractivity contribution in [2.45, 2.75) is 32.6 Å². The number of carbonyl (C=O) groups is 1. The Kier molecular flexibility index (Phi) is 7.37. The quantitative estimate of drug-likeness (QED) is 0.591. The number of rotatable bonds is 8. The number of ether oxygens (including phenoxy) is 1. The molecule has 3 heterocycles. The molecule has 0 bridgehead atoms. The van der Waals surface area contributed by atoms with Gasteiger partial charge in [0, 0.05) is 57.7 Å². The van der Waals surface area contributed by atoms with Crippen LogP contribution in [0.15, 0.2) is 0 Å². The Morgan fingerprint density at radius 3 is 2.81 bits per heavy atom. The van der Waals surface area contributed by atoms with Crippen LogP contribution in [0.2, 0.25) is 0 Å². The molecule has 0 radical (unpaired) electrons. The average molecular weight is 447 g/mol. The van der Waals surface area contributed by atoms with Crippen LogP contribution in [0.5, 0.6) is 0 Å². The lowest BCUT2D eigenvalue weighted by molar-refractivity contribution is -0.122. The second-order valence-electron chi connectivity index (χ2n) is 8.77. The van der Waals surface area contributed by atoms with Gasteiger partial charge in [-0.2, -0.15) is 0 Å². The lowest BCUT2D eigenvalue weighted by Gasteiger charge is -2.34. The SMILES string of the molecule is COCCNC(=O)CN1CCN(CCc2nc(N)c3c4c(sc3n2)CC(C)CC4)CC1. The van der Waals surface area contributed by atoms with Gasteiger partial charge in [-0.25, -0.2) is 9.97 Å². The molecule has 3 N–H and O–H groups in total. The summed E-state index contributed by atoms with van der Waals surface area (Å²) >= 11 is 1.81. The molecule has 0 saturated carbocycles. The number of nitrogens with one attached hydrogen (secondary N) is 1. The van der Waals surface area contributed by atoms with Gasteiger partial charge in [-0.1, -0.05) is 6.92 Å². The Hall–Kier alpha value is -1.81. The fraction of sp³-hybridized carbons (Fsp3) is 0.682. The number of nitrogens with two attached hydrogens (primary N) is 1. The maximum Gasteiger partial charge on any atom is 0.234 e. The molecular formula is C22H34N6O2S. The zero-order chi connectivity index (χ0) is 21.8. The first-order valence-corrected chi connectivity index (χ1v) is 12.1. The highest BCUT2D eigenvalue weighted by Gasteiger charge is 2.24. The van der Waals surface area contributed by atoms with E-state index in [0.717, 1.165) is 73.9 Å². The molecule has 31 heavy (non-hydrogen) atoms. The fourth-order valence-corrected chi connectivity index (χ4v) is 5.92. The number of piperazine rings is 1. The third kappa shape index (κ3) is 5.52. The third-order valence-corrected chi connectivity index (χ3v) is 7.49. The van der Waals surface area contributed by atoms with Gasteiger partial charge in [0.15, 0.2) is 0 Å². The first-order valence-electron chi connectivity index (χ1n) is 11.3. The highest BCUT2D eigenvalue weighted by Crippen LogP contribution is 2.39. The van der Waals surface area contributed by atoms with Crippen molar-refractivity contribution in [2.24, 2.45) is 5.92 Å². The number of hydrogen-bond donors (Lipinski definition) is 2. The van der Waals surface area contributed by atoms with Crippen molar-refractivity contribution < 1.29 is 9.53 Å². The van der Waals surface area contributed by atoms with Crippen LogP contribution in [0.25, 0.3) is 10.2 Å². The second-order valence-corrected chi connectivity index (χ2v) is 9.85. The third-order valence-electron chi connectivity index (χ3n) is 6.34. The van der Waals surface area contributed by atoms with Gasteiger partial charge in [-0.05, 0) is 30.7 Å². The molecule has 1 amide bonds. The predicted molar refractivity (Wildman–Crippen MR) is 124 cm³/mol. The summed E-state index contributed by atoms with van der Waals surface area (Å²) in [6.07, 6.45) is 4.26. The fourth-order valence-electron chi connectivity index (χ4n) is 4.51. The smallest absolute Gasteiger partial charge is 0.234 e. The Balaban J connectivity index is 1.28. The molecule has 2 aromatic heterocycles. The molecule has 170 valence electrons. The summed E-state index contributed by atoms with van der Waals surface area (Å²) in [6, 6.07) is 0. The predicted octanol–water partition coefficient (Wildman–Crippen LogP) is 1.32. The van der Waals surface area contributed by atoms with Gasteiger partial charge in [-0.3, -0.25) is 9.69 Å². The number of nitrogens with zero attached hydrogens (tertiary/aromatic N) is 4. The van der Waals surface area contributed by atoms with E-state index < -0.39 is 0 Å². The minimum Gasteiger partial charge on any atom is -0.383 e. The second kappa shape index (κ2) is 10.2. The van der Waals surface area contributed by atoms with E-state index in [1.807, 2.05) is 11.3 Å². The highest BCUT2D eigenvalue weighted by molar-refractivity contribution is 7.19. The molecule has 1 unspecified atom stereocenters. The zero-order valence-electron chi connectivity index (χ0n) is 18.7. The van der Waals surface area contributed by atoms with Crippen LogP contribution in [0, 0.1) is 5.92 Å². The van der Waals surface area contributed by atoms with Gasteiger partial charge in [0.2, 0.25) is 5.91 Å². The van der Waals surface area contributed by atoms with Crippen LogP contribution < -0.4 is 11.1 Å². The molecular weight excluding hydrogens is 412 g/mol. The zero-order valence-corrected chi connectivity index (χ0v) is 19.5. The number of fused-ring (bicyclic) bond motifs is 3. The van der Waals surface area contributed by atoms with Gasteiger partial charge < -0.3 is 20.7 Å². The molecule has 1 atom stereocenters. The lowest BCUT2D eigenvalue weighted by Crippen LogP contribution is -2.50. The Bertz CT molecular complexity index is 909. The Morgan fingerprint density at radius 1 is 1.26 bits per heavy atom. The van der Waals surface area contributed by atoms with Gasteiger partial charge in [0.25, 0.3) is 0 Å². The molecule has 0 aromatic carbocycles. The van der Waals surface area contributed by atoms with E-state index in [4.69, 9.17) is 15.5 Å². The van der Waals surface area contributed by atoms with Crippen molar-refractivity contribution in [3.05, 3.63) is 16.3 Å². The first-order chi connectivity index (χ1) is 15.0. The van der Waals surface area contributed by atoms with Gasteiger partial charge >= 0.3 is 0 Å². The van der Waals surface area contributed by atoms with Crippen molar-refractivity contribution in [1.29, 1.82) is 0 Å². The van der Waals surface area contributed by atoms with Crippen molar-refractivity contribution in [3.63, 3.8) is 0 Å². The number of anilines is 1. The summed E-state index contributed by atoms with van der Waals surface area (Å²) in [6.45, 7) is 8.51. The monoisotopic (exact) mass is 446 g/mol. The van der Waals surface area contributed by atoms with Crippen LogP contribution in [-0.2, 0) is 28.8 Å². The van der Waals surface area contributed by atoms with Crippen LogP contribution >= 0.6 is 11.3 Å². The molecule has 0 spiro atoms. The molecule has 1 fully saturated rings. The van der Waals surface area contributed by atoms with Crippen LogP contribution in [-0.4, -0.2) is 85.2 Å². The average Bonchev–Trinajstić information content (AvgIpc) is 3.11. The molecule has 9 heteroatoms. The summed E-state index contributed by atoms with van der Waals surface area (Å²) < 4.78 is 4.96. The summed E-state index contributed by atoms with van der Waals surface area (Å²) in [5, 5.41) is 3.99. The summed E-state index contributed by atoms with van der Waals surface area (Å²) in [5.74, 6) is 2.30. The van der Waals surface area contributed by atoms with Crippen molar-refractivity contribution >= 4 is 33.3 Å². The van der Waals surface area contributed by atoms with Crippen molar-refractivity contribution in [2.75, 3.05) is 65.3 Å². The summed E-state index contributed by atoms with van der Waals surface area (Å²) in [5.41, 5.74) is 7.76.